The summed E-state index contributed by atoms with van der Waals surface area (Å²) in [6.45, 7) is 6.30. The lowest BCUT2D eigenvalue weighted by Gasteiger charge is -2.27. The van der Waals surface area contributed by atoms with Gasteiger partial charge in [-0.3, -0.25) is 4.79 Å². The molecule has 0 aromatic carbocycles. The van der Waals surface area contributed by atoms with Gasteiger partial charge in [-0.1, -0.05) is 13.3 Å². The van der Waals surface area contributed by atoms with Crippen LogP contribution >= 0.6 is 0 Å². The lowest BCUT2D eigenvalue weighted by Crippen LogP contribution is -2.37. The van der Waals surface area contributed by atoms with Gasteiger partial charge in [-0.15, -0.1) is 0 Å². The van der Waals surface area contributed by atoms with Crippen molar-refractivity contribution in [3.8, 4) is 0 Å². The molecule has 1 rings (SSSR count). The number of carbonyl (C=O) groups excluding carboxylic acids is 1. The van der Waals surface area contributed by atoms with E-state index >= 15 is 0 Å². The second kappa shape index (κ2) is 5.38. The van der Waals surface area contributed by atoms with Gasteiger partial charge in [0.1, 0.15) is 0 Å². The van der Waals surface area contributed by atoms with Gasteiger partial charge in [-0.05, 0) is 45.4 Å². The molecule has 0 heterocycles. The third-order valence-electron chi connectivity index (χ3n) is 3.23. The van der Waals surface area contributed by atoms with E-state index in [0.717, 1.165) is 18.8 Å². The summed E-state index contributed by atoms with van der Waals surface area (Å²) in [5.74, 6) is 1.44. The van der Waals surface area contributed by atoms with E-state index in [1.807, 2.05) is 13.8 Å². The van der Waals surface area contributed by atoms with Gasteiger partial charge in [-0.25, -0.2) is 0 Å². The van der Waals surface area contributed by atoms with Crippen LogP contribution in [0.2, 0.25) is 0 Å². The maximum absolute atomic E-state index is 11.7. The molecule has 14 heavy (non-hydrogen) atoms. The topological polar surface area (TPSA) is 29.1 Å². The SMILES string of the molecule is CC[C@H]1CC[C@@H](C(=O)NC(C)C)CC1. The number of carbonyl (C=O) groups is 1. The van der Waals surface area contributed by atoms with E-state index in [1.54, 1.807) is 0 Å². The normalized spacial score (nSPS) is 27.7. The number of rotatable bonds is 3. The van der Waals surface area contributed by atoms with E-state index in [2.05, 4.69) is 12.2 Å². The molecule has 1 aliphatic carbocycles. The van der Waals surface area contributed by atoms with E-state index in [9.17, 15) is 4.79 Å². The minimum Gasteiger partial charge on any atom is -0.354 e. The number of nitrogens with one attached hydrogen (secondary N) is 1. The maximum atomic E-state index is 11.7. The predicted octanol–water partition coefficient (Wildman–Crippen LogP) is 2.73. The fraction of sp³-hybridized carbons (Fsp3) is 0.917. The highest BCUT2D eigenvalue weighted by Crippen LogP contribution is 2.30. The molecule has 1 N–H and O–H groups in total. The summed E-state index contributed by atoms with van der Waals surface area (Å²) in [6.07, 6.45) is 5.95. The van der Waals surface area contributed by atoms with Crippen LogP contribution in [0.15, 0.2) is 0 Å². The van der Waals surface area contributed by atoms with E-state index in [0.29, 0.717) is 5.92 Å². The Hall–Kier alpha value is -0.530. The molecule has 1 amide bonds. The summed E-state index contributed by atoms with van der Waals surface area (Å²) >= 11 is 0. The second-order valence-corrected chi connectivity index (χ2v) is 4.79. The Bertz CT molecular complexity index is 181. The van der Waals surface area contributed by atoms with Crippen LogP contribution in [0.5, 0.6) is 0 Å². The molecular formula is C12H23NO. The Labute approximate surface area is 87.5 Å². The minimum atomic E-state index is 0.273. The summed E-state index contributed by atoms with van der Waals surface area (Å²) in [6, 6.07) is 0.284. The molecular weight excluding hydrogens is 174 g/mol. The zero-order valence-electron chi connectivity index (χ0n) is 9.68. The van der Waals surface area contributed by atoms with Crippen molar-refractivity contribution in [3.63, 3.8) is 0 Å². The van der Waals surface area contributed by atoms with Crippen LogP contribution in [0.1, 0.15) is 52.9 Å². The van der Waals surface area contributed by atoms with Crippen LogP contribution in [0.25, 0.3) is 0 Å². The lowest BCUT2D eigenvalue weighted by atomic mass is 9.80. The largest absolute Gasteiger partial charge is 0.354 e. The molecule has 1 fully saturated rings. The second-order valence-electron chi connectivity index (χ2n) is 4.79. The van der Waals surface area contributed by atoms with Crippen molar-refractivity contribution in [2.45, 2.75) is 58.9 Å². The highest BCUT2D eigenvalue weighted by molar-refractivity contribution is 5.78. The molecule has 0 aliphatic heterocycles. The van der Waals surface area contributed by atoms with Crippen molar-refractivity contribution in [2.75, 3.05) is 0 Å². The van der Waals surface area contributed by atoms with Crippen molar-refractivity contribution in [1.82, 2.24) is 5.32 Å². The van der Waals surface area contributed by atoms with Crippen LogP contribution in [0.4, 0.5) is 0 Å². The first-order chi connectivity index (χ1) is 6.63. The van der Waals surface area contributed by atoms with Crippen LogP contribution in [0, 0.1) is 11.8 Å². The molecule has 0 bridgehead atoms. The van der Waals surface area contributed by atoms with Gasteiger partial charge in [0.25, 0.3) is 0 Å². The van der Waals surface area contributed by atoms with Gasteiger partial charge in [-0.2, -0.15) is 0 Å². The molecule has 2 nitrogen and oxygen atoms in total. The summed E-state index contributed by atoms with van der Waals surface area (Å²) in [4.78, 5) is 11.7. The zero-order valence-corrected chi connectivity index (χ0v) is 9.68. The van der Waals surface area contributed by atoms with E-state index < -0.39 is 0 Å². The monoisotopic (exact) mass is 197 g/mol. The Kier molecular flexibility index (Phi) is 4.43. The Balaban J connectivity index is 2.30. The van der Waals surface area contributed by atoms with Gasteiger partial charge in [0.15, 0.2) is 0 Å². The molecule has 0 aromatic rings. The Morgan fingerprint density at radius 3 is 2.29 bits per heavy atom. The van der Waals surface area contributed by atoms with Gasteiger partial charge in [0.05, 0.1) is 0 Å². The van der Waals surface area contributed by atoms with Crippen molar-refractivity contribution < 1.29 is 4.79 Å². The smallest absolute Gasteiger partial charge is 0.223 e. The van der Waals surface area contributed by atoms with Crippen LogP contribution in [-0.2, 0) is 4.79 Å². The predicted molar refractivity (Wildman–Crippen MR) is 59.0 cm³/mol. The Morgan fingerprint density at radius 2 is 1.86 bits per heavy atom. The van der Waals surface area contributed by atoms with Crippen molar-refractivity contribution in [1.29, 1.82) is 0 Å². The number of hydrogen-bond acceptors (Lipinski definition) is 1. The van der Waals surface area contributed by atoms with Crippen LogP contribution < -0.4 is 5.32 Å². The van der Waals surface area contributed by atoms with Crippen molar-refractivity contribution in [3.05, 3.63) is 0 Å². The van der Waals surface area contributed by atoms with Gasteiger partial charge >= 0.3 is 0 Å². The highest BCUT2D eigenvalue weighted by Gasteiger charge is 2.25. The summed E-state index contributed by atoms with van der Waals surface area (Å²) < 4.78 is 0. The zero-order chi connectivity index (χ0) is 10.6. The molecule has 2 heteroatoms. The average molecular weight is 197 g/mol. The van der Waals surface area contributed by atoms with E-state index in [4.69, 9.17) is 0 Å². The molecule has 0 spiro atoms. The maximum Gasteiger partial charge on any atom is 0.223 e. The van der Waals surface area contributed by atoms with E-state index in [1.165, 1.54) is 19.3 Å². The summed E-state index contributed by atoms with van der Waals surface area (Å²) in [5.41, 5.74) is 0. The molecule has 0 aromatic heterocycles. The summed E-state index contributed by atoms with van der Waals surface area (Å²) in [7, 11) is 0. The standard InChI is InChI=1S/C12H23NO/c1-4-10-5-7-11(8-6-10)12(14)13-9(2)3/h9-11H,4-8H2,1-3H3,(H,13,14)/t10-,11+. The van der Waals surface area contributed by atoms with Gasteiger partial charge in [0.2, 0.25) is 5.91 Å². The third kappa shape index (κ3) is 3.32. The first-order valence-corrected chi connectivity index (χ1v) is 5.93. The van der Waals surface area contributed by atoms with Crippen molar-refractivity contribution >= 4 is 5.91 Å². The van der Waals surface area contributed by atoms with Gasteiger partial charge < -0.3 is 5.32 Å². The molecule has 0 saturated heterocycles. The number of amides is 1. The molecule has 0 unspecified atom stereocenters. The quantitative estimate of drug-likeness (QED) is 0.740. The van der Waals surface area contributed by atoms with Crippen molar-refractivity contribution in [2.24, 2.45) is 11.8 Å². The van der Waals surface area contributed by atoms with Crippen LogP contribution in [-0.4, -0.2) is 11.9 Å². The van der Waals surface area contributed by atoms with Gasteiger partial charge in [0, 0.05) is 12.0 Å². The van der Waals surface area contributed by atoms with E-state index in [-0.39, 0.29) is 11.9 Å². The highest BCUT2D eigenvalue weighted by atomic mass is 16.1. The fourth-order valence-electron chi connectivity index (χ4n) is 2.24. The molecule has 0 radical (unpaired) electrons. The minimum absolute atomic E-state index is 0.273. The Morgan fingerprint density at radius 1 is 1.29 bits per heavy atom. The fourth-order valence-corrected chi connectivity index (χ4v) is 2.24. The molecule has 0 atom stereocenters. The molecule has 82 valence electrons. The first-order valence-electron chi connectivity index (χ1n) is 5.93. The lowest BCUT2D eigenvalue weighted by molar-refractivity contribution is -0.126. The average Bonchev–Trinajstić information content (AvgIpc) is 2.17. The third-order valence-corrected chi connectivity index (χ3v) is 3.23. The van der Waals surface area contributed by atoms with Crippen LogP contribution in [0.3, 0.4) is 0 Å². The molecule has 1 saturated carbocycles. The first kappa shape index (κ1) is 11.5. The number of hydrogen-bond donors (Lipinski definition) is 1. The molecule has 1 aliphatic rings. The summed E-state index contributed by atoms with van der Waals surface area (Å²) in [5, 5.41) is 3.01.